The number of nitriles is 1. The second-order valence-electron chi connectivity index (χ2n) is 7.33. The molecule has 1 saturated heterocycles. The van der Waals surface area contributed by atoms with Crippen molar-refractivity contribution in [2.24, 2.45) is 0 Å². The smallest absolute Gasteiger partial charge is 0.238 e. The number of hydrogen-bond donors (Lipinski definition) is 1. The number of nitrogens with one attached hydrogen (secondary N) is 1. The van der Waals surface area contributed by atoms with Gasteiger partial charge in [-0.05, 0) is 37.5 Å². The van der Waals surface area contributed by atoms with E-state index in [2.05, 4.69) is 44.3 Å². The van der Waals surface area contributed by atoms with Crippen molar-refractivity contribution in [3.8, 4) is 6.07 Å². The van der Waals surface area contributed by atoms with Crippen molar-refractivity contribution >= 4 is 21.8 Å². The first-order valence-corrected chi connectivity index (χ1v) is 10.2. The van der Waals surface area contributed by atoms with Crippen LogP contribution < -0.4 is 5.32 Å². The number of morpholine rings is 1. The average Bonchev–Trinajstić information content (AvgIpc) is 2.68. The number of amides is 1. The Morgan fingerprint density at radius 1 is 1.42 bits per heavy atom. The van der Waals surface area contributed by atoms with Gasteiger partial charge in [-0.2, -0.15) is 5.26 Å². The zero-order valence-electron chi connectivity index (χ0n) is 15.2. The standard InChI is InChI=1S/C20H26BrN3O2/c1-15(19(25)23-20(14-22)8-3-2-4-9-20)24-10-11-26-18(13-24)16-6-5-7-17(21)12-16/h5-7,12,15,18H,2-4,8-11,13H2,1H3,(H,23,25). The Morgan fingerprint density at radius 2 is 2.19 bits per heavy atom. The van der Waals surface area contributed by atoms with Crippen molar-refractivity contribution in [2.75, 3.05) is 19.7 Å². The lowest BCUT2D eigenvalue weighted by Gasteiger charge is -2.38. The zero-order valence-corrected chi connectivity index (χ0v) is 16.8. The predicted molar refractivity (Wildman–Crippen MR) is 103 cm³/mol. The number of hydrogen-bond acceptors (Lipinski definition) is 4. The summed E-state index contributed by atoms with van der Waals surface area (Å²) in [6.07, 6.45) is 4.62. The van der Waals surface area contributed by atoms with Gasteiger partial charge in [0.15, 0.2) is 0 Å². The van der Waals surface area contributed by atoms with Gasteiger partial charge in [0.25, 0.3) is 0 Å². The summed E-state index contributed by atoms with van der Waals surface area (Å²) in [7, 11) is 0. The number of benzene rings is 1. The maximum atomic E-state index is 12.8. The highest BCUT2D eigenvalue weighted by molar-refractivity contribution is 9.10. The maximum Gasteiger partial charge on any atom is 0.238 e. The number of halogens is 1. The molecule has 1 heterocycles. The van der Waals surface area contributed by atoms with Crippen molar-refractivity contribution in [1.82, 2.24) is 10.2 Å². The number of ether oxygens (including phenoxy) is 1. The SMILES string of the molecule is CC(C(=O)NC1(C#N)CCCCC1)N1CCOC(c2cccc(Br)c2)C1. The van der Waals surface area contributed by atoms with Crippen LogP contribution in [0.15, 0.2) is 28.7 Å². The first-order valence-electron chi connectivity index (χ1n) is 9.37. The van der Waals surface area contributed by atoms with Crippen molar-refractivity contribution in [3.63, 3.8) is 0 Å². The third-order valence-electron chi connectivity index (χ3n) is 5.53. The highest BCUT2D eigenvalue weighted by Gasteiger charge is 2.36. The maximum absolute atomic E-state index is 12.8. The highest BCUT2D eigenvalue weighted by atomic mass is 79.9. The number of nitrogens with zero attached hydrogens (tertiary/aromatic N) is 2. The van der Waals surface area contributed by atoms with E-state index in [1.54, 1.807) is 0 Å². The van der Waals surface area contributed by atoms with Crippen molar-refractivity contribution in [1.29, 1.82) is 5.26 Å². The molecule has 1 aromatic carbocycles. The molecule has 2 fully saturated rings. The van der Waals surface area contributed by atoms with Crippen LogP contribution in [0.1, 0.15) is 50.7 Å². The molecule has 140 valence electrons. The molecule has 1 amide bonds. The van der Waals surface area contributed by atoms with Crippen LogP contribution in [-0.2, 0) is 9.53 Å². The van der Waals surface area contributed by atoms with E-state index in [0.717, 1.165) is 48.7 Å². The van der Waals surface area contributed by atoms with Crippen LogP contribution >= 0.6 is 15.9 Å². The average molecular weight is 420 g/mol. The Labute approximate surface area is 163 Å². The summed E-state index contributed by atoms with van der Waals surface area (Å²) in [5.74, 6) is -0.0525. The predicted octanol–water partition coefficient (Wildman–Crippen LogP) is 3.55. The molecule has 2 unspecified atom stereocenters. The minimum Gasteiger partial charge on any atom is -0.371 e. The number of rotatable bonds is 4. The van der Waals surface area contributed by atoms with Crippen molar-refractivity contribution in [2.45, 2.75) is 56.7 Å². The molecular weight excluding hydrogens is 394 g/mol. The largest absolute Gasteiger partial charge is 0.371 e. The summed E-state index contributed by atoms with van der Waals surface area (Å²) < 4.78 is 6.95. The third-order valence-corrected chi connectivity index (χ3v) is 6.02. The molecular formula is C20H26BrN3O2. The first-order chi connectivity index (χ1) is 12.5. The molecule has 5 nitrogen and oxygen atoms in total. The Morgan fingerprint density at radius 3 is 2.88 bits per heavy atom. The fourth-order valence-electron chi connectivity index (χ4n) is 3.86. The summed E-state index contributed by atoms with van der Waals surface area (Å²) in [4.78, 5) is 15.0. The fraction of sp³-hybridized carbons (Fsp3) is 0.600. The summed E-state index contributed by atoms with van der Waals surface area (Å²) in [5, 5.41) is 12.6. The lowest BCUT2D eigenvalue weighted by Crippen LogP contribution is -2.56. The Hall–Kier alpha value is -1.42. The molecule has 0 bridgehead atoms. The second-order valence-corrected chi connectivity index (χ2v) is 8.24. The van der Waals surface area contributed by atoms with Gasteiger partial charge in [-0.1, -0.05) is 47.3 Å². The molecule has 1 saturated carbocycles. The van der Waals surface area contributed by atoms with E-state index in [-0.39, 0.29) is 18.1 Å². The van der Waals surface area contributed by atoms with Gasteiger partial charge in [0.2, 0.25) is 5.91 Å². The van der Waals surface area contributed by atoms with Gasteiger partial charge in [0.1, 0.15) is 5.54 Å². The van der Waals surface area contributed by atoms with E-state index < -0.39 is 5.54 Å². The topological polar surface area (TPSA) is 65.4 Å². The van der Waals surface area contributed by atoms with E-state index in [9.17, 15) is 10.1 Å². The Kier molecular flexibility index (Phi) is 6.33. The molecule has 0 spiro atoms. The van der Waals surface area contributed by atoms with Crippen LogP contribution in [-0.4, -0.2) is 42.1 Å². The van der Waals surface area contributed by atoms with Crippen molar-refractivity contribution in [3.05, 3.63) is 34.3 Å². The molecule has 1 aromatic rings. The van der Waals surface area contributed by atoms with E-state index in [1.807, 2.05) is 19.1 Å². The minimum atomic E-state index is -0.681. The summed E-state index contributed by atoms with van der Waals surface area (Å²) in [5.41, 5.74) is 0.428. The number of carbonyl (C=O) groups excluding carboxylic acids is 1. The van der Waals surface area contributed by atoms with Gasteiger partial charge in [-0.15, -0.1) is 0 Å². The van der Waals surface area contributed by atoms with Gasteiger partial charge >= 0.3 is 0 Å². The normalized spacial score (nSPS) is 24.4. The third kappa shape index (κ3) is 4.46. The summed E-state index contributed by atoms with van der Waals surface area (Å²) in [6, 6.07) is 10.2. The van der Waals surface area contributed by atoms with Gasteiger partial charge in [0, 0.05) is 17.6 Å². The molecule has 1 aliphatic heterocycles. The lowest BCUT2D eigenvalue weighted by atomic mass is 9.82. The van der Waals surface area contributed by atoms with Gasteiger partial charge in [0.05, 0.1) is 24.8 Å². The van der Waals surface area contributed by atoms with E-state index in [1.165, 1.54) is 0 Å². The fourth-order valence-corrected chi connectivity index (χ4v) is 4.27. The number of carbonyl (C=O) groups is 1. The molecule has 3 rings (SSSR count). The van der Waals surface area contributed by atoms with Gasteiger partial charge < -0.3 is 10.1 Å². The molecule has 1 aliphatic carbocycles. The van der Waals surface area contributed by atoms with Gasteiger partial charge in [-0.25, -0.2) is 0 Å². The van der Waals surface area contributed by atoms with Crippen LogP contribution in [0.2, 0.25) is 0 Å². The van der Waals surface area contributed by atoms with Crippen LogP contribution in [0, 0.1) is 11.3 Å². The summed E-state index contributed by atoms with van der Waals surface area (Å²) in [6.45, 7) is 3.91. The van der Waals surface area contributed by atoms with Crippen molar-refractivity contribution < 1.29 is 9.53 Å². The molecule has 0 aromatic heterocycles. The summed E-state index contributed by atoms with van der Waals surface area (Å²) >= 11 is 3.50. The minimum absolute atomic E-state index is 0.0453. The van der Waals surface area contributed by atoms with Crippen LogP contribution in [0.4, 0.5) is 0 Å². The molecule has 2 atom stereocenters. The van der Waals surface area contributed by atoms with Crippen LogP contribution in [0.25, 0.3) is 0 Å². The van der Waals surface area contributed by atoms with E-state index >= 15 is 0 Å². The molecule has 6 heteroatoms. The first kappa shape index (κ1) is 19.3. The highest BCUT2D eigenvalue weighted by Crippen LogP contribution is 2.29. The molecule has 2 aliphatic rings. The molecule has 0 radical (unpaired) electrons. The Bertz CT molecular complexity index is 682. The van der Waals surface area contributed by atoms with Crippen LogP contribution in [0.3, 0.4) is 0 Å². The lowest BCUT2D eigenvalue weighted by molar-refractivity contribution is -0.131. The quantitative estimate of drug-likeness (QED) is 0.809. The monoisotopic (exact) mass is 419 g/mol. The molecule has 26 heavy (non-hydrogen) atoms. The van der Waals surface area contributed by atoms with E-state index in [0.29, 0.717) is 13.2 Å². The zero-order chi connectivity index (χ0) is 18.6. The van der Waals surface area contributed by atoms with Gasteiger partial charge in [-0.3, -0.25) is 9.69 Å². The van der Waals surface area contributed by atoms with Crippen LogP contribution in [0.5, 0.6) is 0 Å². The Balaban J connectivity index is 1.64. The molecule has 1 N–H and O–H groups in total. The van der Waals surface area contributed by atoms with E-state index in [4.69, 9.17) is 4.74 Å². The second kappa shape index (κ2) is 8.51.